The minimum atomic E-state index is -2.02. The highest BCUT2D eigenvalue weighted by atomic mass is 16.7. The molecule has 68 heavy (non-hydrogen) atoms. The number of carbonyl (C=O) groups is 4. The average Bonchev–Trinajstić information content (AvgIpc) is 3.30. The molecule has 5 rings (SSSR count). The number of nitrogens with zero attached hydrogens (tertiary/aromatic N) is 2. The lowest BCUT2D eigenvalue weighted by molar-refractivity contribution is -0.319. The molecule has 3 saturated heterocycles. The summed E-state index contributed by atoms with van der Waals surface area (Å²) in [5, 5.41) is 49.5. The Morgan fingerprint density at radius 3 is 2.22 bits per heavy atom. The summed E-state index contributed by atoms with van der Waals surface area (Å²) in [5.41, 5.74) is -3.95. The molecule has 0 bridgehead atoms. The van der Waals surface area contributed by atoms with Gasteiger partial charge in [0.05, 0.1) is 53.3 Å². The van der Waals surface area contributed by atoms with Crippen LogP contribution in [0.5, 0.6) is 5.75 Å². The van der Waals surface area contributed by atoms with E-state index in [4.69, 9.17) is 37.9 Å². The smallest absolute Gasteiger partial charge is 0.311 e. The van der Waals surface area contributed by atoms with Crippen LogP contribution in [-0.4, -0.2) is 181 Å². The van der Waals surface area contributed by atoms with Crippen molar-refractivity contribution in [1.82, 2.24) is 10.2 Å². The van der Waals surface area contributed by atoms with Crippen molar-refractivity contribution in [3.63, 3.8) is 0 Å². The number of benzene rings is 1. The highest BCUT2D eigenvalue weighted by Crippen LogP contribution is 2.42. The number of amides is 2. The maximum Gasteiger partial charge on any atom is 0.311 e. The first kappa shape index (κ1) is 55.6. The molecule has 0 radical (unpaired) electrons. The van der Waals surface area contributed by atoms with E-state index in [1.807, 2.05) is 18.9 Å². The molecule has 1 aromatic carbocycles. The number of methoxy groups -OCH3 is 2. The maximum absolute atomic E-state index is 14.4. The van der Waals surface area contributed by atoms with Crippen LogP contribution >= 0.6 is 0 Å². The number of rotatable bonds is 13. The minimum Gasteiger partial charge on any atom is -0.482 e. The summed E-state index contributed by atoms with van der Waals surface area (Å²) in [6.45, 7) is 16.9. The van der Waals surface area contributed by atoms with Gasteiger partial charge in [0.2, 0.25) is 5.91 Å². The van der Waals surface area contributed by atoms with Crippen molar-refractivity contribution < 1.29 is 77.5 Å². The van der Waals surface area contributed by atoms with Crippen LogP contribution in [0.15, 0.2) is 24.3 Å². The SMILES string of the molecule is CC[C@H]1OC(=O)[C@H](C)[C@@H](O[C@H]2C[C@@](C)(OC)[C@@H](O)[C@H](C)O2)[C@H](C)[C@@H](O[C@H]2O[C@H](C)C[C@H](N(C)CCNC(=O)CN3C(=O)COc4ccccc43)[C@H]2O)[C@](C)(OC)C[C@@H](C)C(=O)[C@H](C)[C@@H](O)[C@]1(C)O. The number of hydrogen-bond donors (Lipinski definition) is 5. The number of likely N-dealkylation sites (N-methyl/N-ethyl adjacent to an activating group) is 1. The minimum absolute atomic E-state index is 0.0350. The van der Waals surface area contributed by atoms with E-state index in [2.05, 4.69) is 5.32 Å². The van der Waals surface area contributed by atoms with E-state index in [1.54, 1.807) is 72.7 Å². The van der Waals surface area contributed by atoms with Crippen LogP contribution < -0.4 is 15.0 Å². The van der Waals surface area contributed by atoms with E-state index in [0.717, 1.165) is 0 Å². The topological polar surface area (TPSA) is 242 Å². The molecule has 18 atom stereocenters. The molecular weight excluding hydrogens is 887 g/mol. The number of Topliss-reactive ketones (excluding diaryl/α,β-unsaturated/α-hetero) is 1. The molecule has 4 aliphatic rings. The van der Waals surface area contributed by atoms with Gasteiger partial charge < -0.3 is 63.6 Å². The Bertz CT molecular complexity index is 1890. The molecule has 2 amide bonds. The number of carbonyl (C=O) groups excluding carboxylic acids is 4. The largest absolute Gasteiger partial charge is 0.482 e. The Labute approximate surface area is 401 Å². The zero-order valence-electron chi connectivity index (χ0n) is 42.2. The molecule has 1 aromatic rings. The van der Waals surface area contributed by atoms with Gasteiger partial charge in [-0.25, -0.2) is 0 Å². The van der Waals surface area contributed by atoms with Crippen LogP contribution in [0.2, 0.25) is 0 Å². The molecule has 4 aliphatic heterocycles. The number of anilines is 1. The third-order valence-electron chi connectivity index (χ3n) is 15.1. The summed E-state index contributed by atoms with van der Waals surface area (Å²) in [7, 11) is 4.77. The first-order valence-electron chi connectivity index (χ1n) is 24.1. The first-order valence-corrected chi connectivity index (χ1v) is 24.1. The molecule has 0 spiro atoms. The molecule has 19 heteroatoms. The second kappa shape index (κ2) is 22.8. The van der Waals surface area contributed by atoms with Gasteiger partial charge in [-0.15, -0.1) is 0 Å². The molecule has 386 valence electrons. The Hall–Kier alpha value is -3.34. The summed E-state index contributed by atoms with van der Waals surface area (Å²) in [4.78, 5) is 57.8. The second-order valence-electron chi connectivity index (χ2n) is 20.2. The lowest BCUT2D eigenvalue weighted by Crippen LogP contribution is -2.62. The van der Waals surface area contributed by atoms with Crippen molar-refractivity contribution >= 4 is 29.3 Å². The Morgan fingerprint density at radius 1 is 0.912 bits per heavy atom. The van der Waals surface area contributed by atoms with E-state index < -0.39 is 114 Å². The molecular formula is C49H79N3O16. The summed E-state index contributed by atoms with van der Waals surface area (Å²) in [6, 6.07) is 6.48. The first-order chi connectivity index (χ1) is 31.8. The zero-order valence-corrected chi connectivity index (χ0v) is 42.2. The third kappa shape index (κ3) is 12.0. The predicted molar refractivity (Wildman–Crippen MR) is 247 cm³/mol. The van der Waals surface area contributed by atoms with Gasteiger partial charge in [-0.05, 0) is 80.0 Å². The standard InChI is InChI=1S/C49H79N3O16/c1-14-35-49(10,60)42(57)28(4)39(55)26(2)22-48(9,62-13)44(29(5)41(30(6)45(59)66-35)67-38-23-47(8,61-12)43(58)31(7)65-38)68-46-40(56)33(21-27(3)64-46)51(11)20-19-50-36(53)24-52-32-17-15-16-18-34(32)63-25-37(52)54/h15-18,26-31,33,35,38,40-44,46,56-58,60H,14,19-25H2,1-13H3,(H,50,53)/t26-,27-,28+,29+,30-,31+,33+,35-,38+,40-,41+,42-,43+,44-,46-,47-,48-,49-/m1/s1. The summed E-state index contributed by atoms with van der Waals surface area (Å²) >= 11 is 0. The van der Waals surface area contributed by atoms with Gasteiger partial charge >= 0.3 is 5.97 Å². The number of cyclic esters (lactones) is 1. The predicted octanol–water partition coefficient (Wildman–Crippen LogP) is 2.35. The number of ketones is 1. The average molecular weight is 966 g/mol. The monoisotopic (exact) mass is 966 g/mol. The summed E-state index contributed by atoms with van der Waals surface area (Å²) < 4.78 is 50.0. The van der Waals surface area contributed by atoms with Crippen molar-refractivity contribution in [2.45, 2.75) is 179 Å². The van der Waals surface area contributed by atoms with Crippen molar-refractivity contribution in [2.24, 2.45) is 23.7 Å². The molecule has 0 aliphatic carbocycles. The number of para-hydroxylation sites is 2. The number of hydrogen-bond acceptors (Lipinski definition) is 17. The van der Waals surface area contributed by atoms with E-state index in [0.29, 0.717) is 24.4 Å². The molecule has 0 saturated carbocycles. The van der Waals surface area contributed by atoms with Gasteiger partial charge in [-0.1, -0.05) is 39.8 Å². The van der Waals surface area contributed by atoms with Gasteiger partial charge in [0, 0.05) is 57.5 Å². The molecule has 19 nitrogen and oxygen atoms in total. The molecule has 3 fully saturated rings. The van der Waals surface area contributed by atoms with Crippen molar-refractivity contribution in [2.75, 3.05) is 52.4 Å². The van der Waals surface area contributed by atoms with Crippen LogP contribution in [0.3, 0.4) is 0 Å². The number of aliphatic hydroxyl groups excluding tert-OH is 3. The molecule has 0 unspecified atom stereocenters. The quantitative estimate of drug-likeness (QED) is 0.178. The highest BCUT2D eigenvalue weighted by Gasteiger charge is 2.54. The van der Waals surface area contributed by atoms with Gasteiger partial charge in [0.25, 0.3) is 5.91 Å². The van der Waals surface area contributed by atoms with E-state index in [1.165, 1.54) is 33.0 Å². The Kier molecular flexibility index (Phi) is 18.7. The number of fused-ring (bicyclic) bond motifs is 1. The van der Waals surface area contributed by atoms with Gasteiger partial charge in [0.15, 0.2) is 19.2 Å². The number of aliphatic hydroxyl groups is 4. The van der Waals surface area contributed by atoms with Crippen molar-refractivity contribution in [3.8, 4) is 5.75 Å². The Balaban J connectivity index is 1.45. The fourth-order valence-corrected chi connectivity index (χ4v) is 10.6. The molecule has 5 N–H and O–H groups in total. The number of nitrogens with one attached hydrogen (secondary N) is 1. The number of ether oxygens (including phenoxy) is 8. The van der Waals surface area contributed by atoms with Gasteiger partial charge in [-0.3, -0.25) is 29.0 Å². The summed E-state index contributed by atoms with van der Waals surface area (Å²) in [5.74, 6) is -5.07. The van der Waals surface area contributed by atoms with Crippen molar-refractivity contribution in [1.29, 1.82) is 0 Å². The van der Waals surface area contributed by atoms with Crippen LogP contribution in [0.4, 0.5) is 5.69 Å². The highest BCUT2D eigenvalue weighted by molar-refractivity contribution is 6.02. The van der Waals surface area contributed by atoms with Crippen LogP contribution in [-0.2, 0) is 52.3 Å². The van der Waals surface area contributed by atoms with E-state index in [-0.39, 0.29) is 56.6 Å². The van der Waals surface area contributed by atoms with E-state index >= 15 is 0 Å². The lowest BCUT2D eigenvalue weighted by Gasteiger charge is -2.50. The molecule has 0 aromatic heterocycles. The zero-order chi connectivity index (χ0) is 50.6. The third-order valence-corrected chi connectivity index (χ3v) is 15.1. The van der Waals surface area contributed by atoms with E-state index in [9.17, 15) is 39.6 Å². The maximum atomic E-state index is 14.4. The van der Waals surface area contributed by atoms with Gasteiger partial charge in [-0.2, -0.15) is 0 Å². The fourth-order valence-electron chi connectivity index (χ4n) is 10.6. The second-order valence-corrected chi connectivity index (χ2v) is 20.2. The lowest BCUT2D eigenvalue weighted by atomic mass is 9.74. The van der Waals surface area contributed by atoms with Gasteiger partial charge in [0.1, 0.15) is 42.0 Å². The normalized spacial score (nSPS) is 41.1. The fraction of sp³-hybridized carbons (Fsp3) is 0.796. The van der Waals surface area contributed by atoms with Crippen LogP contribution in [0.1, 0.15) is 94.9 Å². The molecule has 4 heterocycles. The van der Waals surface area contributed by atoms with Crippen molar-refractivity contribution in [3.05, 3.63) is 24.3 Å². The Morgan fingerprint density at radius 2 is 1.57 bits per heavy atom. The summed E-state index contributed by atoms with van der Waals surface area (Å²) in [6.07, 6.45) is -10.1. The van der Waals surface area contributed by atoms with Crippen LogP contribution in [0.25, 0.3) is 0 Å². The number of esters is 1. The van der Waals surface area contributed by atoms with Crippen LogP contribution in [0, 0.1) is 23.7 Å².